The first-order valence-corrected chi connectivity index (χ1v) is 11.6. The predicted octanol–water partition coefficient (Wildman–Crippen LogP) is 2.75. The number of hydrogen-bond acceptors (Lipinski definition) is 5. The Morgan fingerprint density at radius 3 is 2.59 bits per heavy atom. The van der Waals surface area contributed by atoms with Crippen LogP contribution in [0.25, 0.3) is 0 Å². The van der Waals surface area contributed by atoms with Crippen LogP contribution in [-0.2, 0) is 6.54 Å². The molecule has 0 saturated carbocycles. The number of pyridine rings is 1. The molecule has 2 saturated heterocycles. The van der Waals surface area contributed by atoms with Crippen molar-refractivity contribution in [2.75, 3.05) is 57.8 Å². The molecule has 0 amide bonds. The van der Waals surface area contributed by atoms with E-state index in [-0.39, 0.29) is 0 Å². The zero-order valence-electron chi connectivity index (χ0n) is 17.3. The van der Waals surface area contributed by atoms with Gasteiger partial charge in [-0.25, -0.2) is 4.98 Å². The highest BCUT2D eigenvalue weighted by atomic mass is 32.1. The van der Waals surface area contributed by atoms with Gasteiger partial charge in [0.05, 0.1) is 0 Å². The van der Waals surface area contributed by atoms with Gasteiger partial charge >= 0.3 is 0 Å². The molecule has 0 atom stereocenters. The molecule has 1 N–H and O–H groups in total. The van der Waals surface area contributed by atoms with Gasteiger partial charge in [-0.2, -0.15) is 0 Å². The van der Waals surface area contributed by atoms with Gasteiger partial charge in [-0.05, 0) is 55.4 Å². The minimum atomic E-state index is 0.737. The summed E-state index contributed by atoms with van der Waals surface area (Å²) in [5.74, 6) is 2.86. The summed E-state index contributed by atoms with van der Waals surface area (Å²) in [4.78, 5) is 17.8. The van der Waals surface area contributed by atoms with Gasteiger partial charge in [0.15, 0.2) is 5.96 Å². The average molecular weight is 413 g/mol. The molecule has 4 rings (SSSR count). The first-order valence-electron chi connectivity index (χ1n) is 10.7. The van der Waals surface area contributed by atoms with Crippen molar-refractivity contribution in [3.05, 3.63) is 46.8 Å². The monoisotopic (exact) mass is 412 g/mol. The minimum absolute atomic E-state index is 0.737. The number of anilines is 1. The first-order chi connectivity index (χ1) is 14.3. The van der Waals surface area contributed by atoms with Gasteiger partial charge in [0, 0.05) is 57.4 Å². The normalized spacial score (nSPS) is 19.6. The summed E-state index contributed by atoms with van der Waals surface area (Å²) in [5, 5.41) is 5.82. The maximum Gasteiger partial charge on any atom is 0.193 e. The molecule has 0 radical (unpaired) electrons. The Bertz CT molecular complexity index is 747. The SMILES string of the molecule is CN=C(NCC1CCN(Cc2cccs2)CC1)N1CCN(c2ccccn2)CC1. The highest BCUT2D eigenvalue weighted by Gasteiger charge is 2.23. The van der Waals surface area contributed by atoms with Crippen molar-refractivity contribution in [2.45, 2.75) is 19.4 Å². The van der Waals surface area contributed by atoms with Gasteiger partial charge in [-0.15, -0.1) is 11.3 Å². The van der Waals surface area contributed by atoms with Crippen molar-refractivity contribution in [1.29, 1.82) is 0 Å². The summed E-state index contributed by atoms with van der Waals surface area (Å²) in [6.45, 7) is 8.47. The number of likely N-dealkylation sites (tertiary alicyclic amines) is 1. The Morgan fingerprint density at radius 1 is 1.10 bits per heavy atom. The number of nitrogens with zero attached hydrogens (tertiary/aromatic N) is 5. The highest BCUT2D eigenvalue weighted by Crippen LogP contribution is 2.20. The lowest BCUT2D eigenvalue weighted by Crippen LogP contribution is -2.53. The van der Waals surface area contributed by atoms with Crippen LogP contribution in [0.2, 0.25) is 0 Å². The summed E-state index contributed by atoms with van der Waals surface area (Å²) in [6, 6.07) is 10.5. The Morgan fingerprint density at radius 2 is 1.93 bits per heavy atom. The molecule has 0 spiro atoms. The fourth-order valence-corrected chi connectivity index (χ4v) is 4.97. The second kappa shape index (κ2) is 10.1. The van der Waals surface area contributed by atoms with Crippen LogP contribution in [0.15, 0.2) is 46.9 Å². The fraction of sp³-hybridized carbons (Fsp3) is 0.545. The number of guanidine groups is 1. The van der Waals surface area contributed by atoms with E-state index in [1.807, 2.05) is 30.6 Å². The van der Waals surface area contributed by atoms with E-state index < -0.39 is 0 Å². The second-order valence-electron chi connectivity index (χ2n) is 7.89. The van der Waals surface area contributed by atoms with Crippen LogP contribution in [0.1, 0.15) is 17.7 Å². The molecule has 0 unspecified atom stereocenters. The molecule has 0 aliphatic carbocycles. The number of piperazine rings is 1. The van der Waals surface area contributed by atoms with Crippen LogP contribution in [0.5, 0.6) is 0 Å². The van der Waals surface area contributed by atoms with E-state index >= 15 is 0 Å². The van der Waals surface area contributed by atoms with Crippen LogP contribution in [0.3, 0.4) is 0 Å². The van der Waals surface area contributed by atoms with Crippen LogP contribution in [0.4, 0.5) is 5.82 Å². The molecule has 156 valence electrons. The quantitative estimate of drug-likeness (QED) is 0.604. The minimum Gasteiger partial charge on any atom is -0.356 e. The van der Waals surface area contributed by atoms with Gasteiger partial charge in [-0.1, -0.05) is 12.1 Å². The molecule has 2 aliphatic rings. The summed E-state index contributed by atoms with van der Waals surface area (Å²) >= 11 is 1.87. The smallest absolute Gasteiger partial charge is 0.193 e. The third kappa shape index (κ3) is 5.48. The zero-order chi connectivity index (χ0) is 19.9. The van der Waals surface area contributed by atoms with E-state index in [0.29, 0.717) is 0 Å². The van der Waals surface area contributed by atoms with Gasteiger partial charge in [0.25, 0.3) is 0 Å². The van der Waals surface area contributed by atoms with Crippen molar-refractivity contribution in [2.24, 2.45) is 10.9 Å². The standard InChI is InChI=1S/C22H32N6S/c1-23-22(28-14-12-27(13-15-28)21-6-2-3-9-24-21)25-17-19-7-10-26(11-8-19)18-20-5-4-16-29-20/h2-6,9,16,19H,7-8,10-15,17-18H2,1H3,(H,23,25). The Kier molecular flexibility index (Phi) is 7.00. The molecule has 2 fully saturated rings. The number of piperidine rings is 1. The third-order valence-corrected chi connectivity index (χ3v) is 6.84. The number of aliphatic imine (C=N–C) groups is 1. The Balaban J connectivity index is 1.18. The van der Waals surface area contributed by atoms with E-state index in [1.54, 1.807) is 0 Å². The summed E-state index contributed by atoms with van der Waals surface area (Å²) < 4.78 is 0. The fourth-order valence-electron chi connectivity index (χ4n) is 4.23. The largest absolute Gasteiger partial charge is 0.356 e. The Hall–Kier alpha value is -2.12. The lowest BCUT2D eigenvalue weighted by molar-refractivity contribution is 0.178. The number of nitrogens with one attached hydrogen (secondary N) is 1. The number of hydrogen-bond donors (Lipinski definition) is 1. The van der Waals surface area contributed by atoms with Crippen molar-refractivity contribution in [3.8, 4) is 0 Å². The average Bonchev–Trinajstić information content (AvgIpc) is 3.29. The molecule has 2 aliphatic heterocycles. The number of rotatable bonds is 5. The molecule has 29 heavy (non-hydrogen) atoms. The van der Waals surface area contributed by atoms with Crippen LogP contribution >= 0.6 is 11.3 Å². The maximum atomic E-state index is 4.55. The van der Waals surface area contributed by atoms with E-state index in [2.05, 4.69) is 59.6 Å². The highest BCUT2D eigenvalue weighted by molar-refractivity contribution is 7.09. The summed E-state index contributed by atoms with van der Waals surface area (Å²) in [6.07, 6.45) is 4.40. The van der Waals surface area contributed by atoms with Crippen LogP contribution < -0.4 is 10.2 Å². The Labute approximate surface area is 178 Å². The van der Waals surface area contributed by atoms with Crippen molar-refractivity contribution in [3.63, 3.8) is 0 Å². The van der Waals surface area contributed by atoms with E-state index in [0.717, 1.165) is 57.0 Å². The molecule has 0 aromatic carbocycles. The van der Waals surface area contributed by atoms with E-state index in [1.165, 1.54) is 30.8 Å². The predicted molar refractivity (Wildman–Crippen MR) is 122 cm³/mol. The van der Waals surface area contributed by atoms with E-state index in [9.17, 15) is 0 Å². The molecule has 2 aromatic rings. The summed E-state index contributed by atoms with van der Waals surface area (Å²) in [5.41, 5.74) is 0. The molecular formula is C22H32N6S. The van der Waals surface area contributed by atoms with Gasteiger partial charge in [0.1, 0.15) is 5.82 Å². The van der Waals surface area contributed by atoms with Crippen molar-refractivity contribution < 1.29 is 0 Å². The third-order valence-electron chi connectivity index (χ3n) is 5.98. The number of aromatic nitrogens is 1. The van der Waals surface area contributed by atoms with Crippen LogP contribution in [0, 0.1) is 5.92 Å². The molecule has 2 aromatic heterocycles. The molecular weight excluding hydrogens is 380 g/mol. The van der Waals surface area contributed by atoms with Gasteiger partial charge < -0.3 is 15.1 Å². The lowest BCUT2D eigenvalue weighted by atomic mass is 9.97. The molecule has 4 heterocycles. The van der Waals surface area contributed by atoms with Crippen LogP contribution in [-0.4, -0.2) is 73.6 Å². The van der Waals surface area contributed by atoms with Crippen molar-refractivity contribution >= 4 is 23.1 Å². The maximum absolute atomic E-state index is 4.55. The van der Waals surface area contributed by atoms with Gasteiger partial charge in [0.2, 0.25) is 0 Å². The topological polar surface area (TPSA) is 47.0 Å². The summed E-state index contributed by atoms with van der Waals surface area (Å²) in [7, 11) is 1.90. The molecule has 7 heteroatoms. The number of thiophene rings is 1. The zero-order valence-corrected chi connectivity index (χ0v) is 18.2. The molecule has 6 nitrogen and oxygen atoms in total. The molecule has 0 bridgehead atoms. The van der Waals surface area contributed by atoms with Gasteiger partial charge in [-0.3, -0.25) is 9.89 Å². The van der Waals surface area contributed by atoms with Crippen molar-refractivity contribution in [1.82, 2.24) is 20.1 Å². The first kappa shape index (κ1) is 20.2. The lowest BCUT2D eigenvalue weighted by Gasteiger charge is -2.38. The van der Waals surface area contributed by atoms with E-state index in [4.69, 9.17) is 0 Å². The second-order valence-corrected chi connectivity index (χ2v) is 8.92.